The number of esters is 2. The molecule has 1 rings (SSSR count). The van der Waals surface area contributed by atoms with E-state index in [9.17, 15) is 9.59 Å². The van der Waals surface area contributed by atoms with Gasteiger partial charge in [0, 0.05) is 0 Å². The second-order valence-electron chi connectivity index (χ2n) is 5.85. The summed E-state index contributed by atoms with van der Waals surface area (Å²) in [5, 5.41) is 0. The molecule has 0 aliphatic rings. The number of carbonyl (C=O) groups excluding carboxylic acids is 2. The first-order valence-corrected chi connectivity index (χ1v) is 8.88. The number of hydrogen-bond acceptors (Lipinski definition) is 4. The van der Waals surface area contributed by atoms with Crippen molar-refractivity contribution in [3.8, 4) is 0 Å². The van der Waals surface area contributed by atoms with E-state index in [4.69, 9.17) is 9.47 Å². The predicted molar refractivity (Wildman–Crippen MR) is 95.9 cm³/mol. The molecule has 0 atom stereocenters. The van der Waals surface area contributed by atoms with E-state index < -0.39 is 11.9 Å². The maximum absolute atomic E-state index is 12.5. The molecule has 0 unspecified atom stereocenters. The second-order valence-corrected chi connectivity index (χ2v) is 5.85. The molecular weight excluding hydrogens is 304 g/mol. The van der Waals surface area contributed by atoms with Crippen LogP contribution in [-0.2, 0) is 35.2 Å². The third-order valence-corrected chi connectivity index (χ3v) is 4.43. The highest BCUT2D eigenvalue weighted by Gasteiger charge is 2.29. The Hall–Kier alpha value is -1.84. The quantitative estimate of drug-likeness (QED) is 0.666. The summed E-state index contributed by atoms with van der Waals surface area (Å²) in [5.74, 6) is -0.907. The smallest absolute Gasteiger partial charge is 0.339 e. The van der Waals surface area contributed by atoms with Gasteiger partial charge in [-0.2, -0.15) is 0 Å². The van der Waals surface area contributed by atoms with Gasteiger partial charge in [-0.1, -0.05) is 40.5 Å². The summed E-state index contributed by atoms with van der Waals surface area (Å²) in [7, 11) is 2.71. The summed E-state index contributed by atoms with van der Waals surface area (Å²) >= 11 is 0. The van der Waals surface area contributed by atoms with Crippen LogP contribution in [0.2, 0.25) is 0 Å². The Morgan fingerprint density at radius 1 is 0.667 bits per heavy atom. The van der Waals surface area contributed by atoms with Crippen molar-refractivity contribution in [3.63, 3.8) is 0 Å². The summed E-state index contributed by atoms with van der Waals surface area (Å²) in [6.45, 7) is 8.32. The first-order valence-electron chi connectivity index (χ1n) is 8.88. The molecule has 0 aliphatic heterocycles. The monoisotopic (exact) mass is 334 g/mol. The number of rotatable bonds is 8. The molecule has 0 aliphatic carbocycles. The molecule has 134 valence electrons. The molecular formula is C20H30O4. The zero-order chi connectivity index (χ0) is 18.3. The van der Waals surface area contributed by atoms with Crippen LogP contribution in [0.15, 0.2) is 0 Å². The minimum Gasteiger partial charge on any atom is -0.465 e. The van der Waals surface area contributed by atoms with Crippen molar-refractivity contribution in [3.05, 3.63) is 33.4 Å². The van der Waals surface area contributed by atoms with Crippen LogP contribution in [0.25, 0.3) is 0 Å². The van der Waals surface area contributed by atoms with E-state index in [0.717, 1.165) is 43.2 Å². The molecule has 4 heteroatoms. The molecule has 4 nitrogen and oxygen atoms in total. The van der Waals surface area contributed by atoms with Crippen molar-refractivity contribution in [1.29, 1.82) is 0 Å². The molecule has 0 bridgehead atoms. The lowest BCUT2D eigenvalue weighted by Crippen LogP contribution is -2.21. The third-order valence-electron chi connectivity index (χ3n) is 4.43. The topological polar surface area (TPSA) is 52.6 Å². The van der Waals surface area contributed by atoms with E-state index in [0.29, 0.717) is 17.5 Å². The van der Waals surface area contributed by atoms with E-state index in [1.54, 1.807) is 0 Å². The van der Waals surface area contributed by atoms with Gasteiger partial charge in [0.2, 0.25) is 0 Å². The van der Waals surface area contributed by atoms with Gasteiger partial charge in [0.1, 0.15) is 0 Å². The number of hydrogen-bond donors (Lipinski definition) is 0. The van der Waals surface area contributed by atoms with Gasteiger partial charge >= 0.3 is 11.9 Å². The highest BCUT2D eigenvalue weighted by molar-refractivity contribution is 6.06. The SMILES string of the molecule is CCCc1c(CC)c(CC)c(C(=O)OC)c(C(=O)OC)c1CCC. The fraction of sp³-hybridized carbons (Fsp3) is 0.600. The fourth-order valence-corrected chi connectivity index (χ4v) is 3.52. The van der Waals surface area contributed by atoms with Crippen LogP contribution in [-0.4, -0.2) is 26.2 Å². The van der Waals surface area contributed by atoms with Crippen molar-refractivity contribution in [2.45, 2.75) is 66.2 Å². The minimum atomic E-state index is -0.456. The Labute approximate surface area is 145 Å². The van der Waals surface area contributed by atoms with Crippen LogP contribution in [0.4, 0.5) is 0 Å². The largest absolute Gasteiger partial charge is 0.465 e. The maximum Gasteiger partial charge on any atom is 0.339 e. The van der Waals surface area contributed by atoms with E-state index >= 15 is 0 Å². The van der Waals surface area contributed by atoms with Gasteiger partial charge in [-0.25, -0.2) is 9.59 Å². The summed E-state index contributed by atoms with van der Waals surface area (Å²) in [6.07, 6.45) is 5.06. The van der Waals surface area contributed by atoms with Gasteiger partial charge in [-0.05, 0) is 47.9 Å². The predicted octanol–water partition coefficient (Wildman–Crippen LogP) is 4.29. The van der Waals surface area contributed by atoms with Crippen LogP contribution in [0, 0.1) is 0 Å². The Morgan fingerprint density at radius 2 is 1.08 bits per heavy atom. The van der Waals surface area contributed by atoms with E-state index in [-0.39, 0.29) is 0 Å². The van der Waals surface area contributed by atoms with E-state index in [1.807, 2.05) is 6.92 Å². The molecule has 0 fully saturated rings. The highest BCUT2D eigenvalue weighted by atomic mass is 16.5. The van der Waals surface area contributed by atoms with Gasteiger partial charge in [-0.15, -0.1) is 0 Å². The summed E-state index contributed by atoms with van der Waals surface area (Å²) in [5.41, 5.74) is 5.09. The van der Waals surface area contributed by atoms with Crippen molar-refractivity contribution < 1.29 is 19.1 Å². The number of methoxy groups -OCH3 is 2. The van der Waals surface area contributed by atoms with E-state index in [2.05, 4.69) is 20.8 Å². The molecule has 0 saturated heterocycles. The van der Waals surface area contributed by atoms with Crippen LogP contribution < -0.4 is 0 Å². The Morgan fingerprint density at radius 3 is 1.46 bits per heavy atom. The summed E-state index contributed by atoms with van der Waals surface area (Å²) in [6, 6.07) is 0. The first kappa shape index (κ1) is 20.2. The number of benzene rings is 1. The molecule has 24 heavy (non-hydrogen) atoms. The lowest BCUT2D eigenvalue weighted by molar-refractivity contribution is 0.0552. The summed E-state index contributed by atoms with van der Waals surface area (Å²) in [4.78, 5) is 25.0. The Balaban J connectivity index is 4.00. The maximum atomic E-state index is 12.5. The minimum absolute atomic E-state index is 0.395. The average Bonchev–Trinajstić information content (AvgIpc) is 2.60. The molecule has 0 spiro atoms. The third kappa shape index (κ3) is 3.80. The molecule has 1 aromatic rings. The van der Waals surface area contributed by atoms with Crippen LogP contribution in [0.5, 0.6) is 0 Å². The zero-order valence-electron chi connectivity index (χ0n) is 15.9. The standard InChI is InChI=1S/C20H30O4/c1-7-11-15-13(9-3)14(10-4)17(19(21)23-5)18(20(22)24-6)16(15)12-8-2/h7-12H2,1-6H3. The van der Waals surface area contributed by atoms with Crippen LogP contribution in [0.3, 0.4) is 0 Å². The van der Waals surface area contributed by atoms with E-state index in [1.165, 1.54) is 25.3 Å². The normalized spacial score (nSPS) is 10.6. The van der Waals surface area contributed by atoms with Gasteiger partial charge in [0.25, 0.3) is 0 Å². The highest BCUT2D eigenvalue weighted by Crippen LogP contribution is 2.32. The lowest BCUT2D eigenvalue weighted by Gasteiger charge is -2.24. The second kappa shape index (κ2) is 9.45. The van der Waals surface area contributed by atoms with Crippen LogP contribution in [0.1, 0.15) is 83.5 Å². The molecule has 0 saturated carbocycles. The molecule has 0 amide bonds. The molecule has 0 aromatic heterocycles. The Kier molecular flexibility index (Phi) is 7.96. The summed E-state index contributed by atoms with van der Waals surface area (Å²) < 4.78 is 10.0. The lowest BCUT2D eigenvalue weighted by atomic mass is 9.81. The van der Waals surface area contributed by atoms with Crippen molar-refractivity contribution in [1.82, 2.24) is 0 Å². The van der Waals surface area contributed by atoms with Gasteiger partial charge in [-0.3, -0.25) is 0 Å². The first-order chi connectivity index (χ1) is 11.5. The number of ether oxygens (including phenoxy) is 2. The van der Waals surface area contributed by atoms with Crippen molar-refractivity contribution in [2.24, 2.45) is 0 Å². The average molecular weight is 334 g/mol. The molecule has 0 heterocycles. The van der Waals surface area contributed by atoms with Gasteiger partial charge in [0.15, 0.2) is 0 Å². The van der Waals surface area contributed by atoms with Gasteiger partial charge < -0.3 is 9.47 Å². The van der Waals surface area contributed by atoms with Gasteiger partial charge in [0.05, 0.1) is 25.3 Å². The molecule has 1 aromatic carbocycles. The van der Waals surface area contributed by atoms with Crippen LogP contribution >= 0.6 is 0 Å². The molecule has 0 N–H and O–H groups in total. The van der Waals surface area contributed by atoms with Crippen molar-refractivity contribution >= 4 is 11.9 Å². The molecule has 0 radical (unpaired) electrons. The Bertz CT molecular complexity index is 602. The zero-order valence-corrected chi connectivity index (χ0v) is 15.9. The van der Waals surface area contributed by atoms with Crippen molar-refractivity contribution in [2.75, 3.05) is 14.2 Å². The fourth-order valence-electron chi connectivity index (χ4n) is 3.52. The number of carbonyl (C=O) groups is 2.